The summed E-state index contributed by atoms with van der Waals surface area (Å²) in [5, 5.41) is 9.40. The van der Waals surface area contributed by atoms with Crippen LogP contribution in [-0.4, -0.2) is 5.11 Å². The molecule has 0 fully saturated rings. The predicted molar refractivity (Wildman–Crippen MR) is 83.3 cm³/mol. The molecule has 2 aromatic carbocycles. The molecule has 0 aliphatic heterocycles. The fourth-order valence-corrected chi connectivity index (χ4v) is 2.97. The van der Waals surface area contributed by atoms with E-state index in [-0.39, 0.29) is 6.61 Å². The van der Waals surface area contributed by atoms with Crippen LogP contribution in [0.2, 0.25) is 0 Å². The summed E-state index contributed by atoms with van der Waals surface area (Å²) in [6.45, 7) is 2.42. The summed E-state index contributed by atoms with van der Waals surface area (Å²) in [4.78, 5) is 0. The number of hydrogen-bond acceptors (Lipinski definition) is 2. The van der Waals surface area contributed by atoms with Crippen molar-refractivity contribution in [3.05, 3.63) is 62.0 Å². The number of hydrogen-bond donors (Lipinski definition) is 1. The zero-order valence-electron chi connectivity index (χ0n) is 10.5. The van der Waals surface area contributed by atoms with Crippen molar-refractivity contribution >= 4 is 31.9 Å². The van der Waals surface area contributed by atoms with Crippen molar-refractivity contribution in [3.8, 4) is 5.75 Å². The van der Waals surface area contributed by atoms with Gasteiger partial charge in [-0.2, -0.15) is 0 Å². The van der Waals surface area contributed by atoms with Gasteiger partial charge >= 0.3 is 0 Å². The highest BCUT2D eigenvalue weighted by molar-refractivity contribution is 9.10. The highest BCUT2D eigenvalue weighted by Crippen LogP contribution is 2.29. The number of rotatable bonds is 4. The van der Waals surface area contributed by atoms with Crippen molar-refractivity contribution in [2.75, 3.05) is 0 Å². The van der Waals surface area contributed by atoms with Crippen LogP contribution in [0.3, 0.4) is 0 Å². The molecule has 0 saturated carbocycles. The number of ether oxygens (including phenoxy) is 1. The van der Waals surface area contributed by atoms with Crippen LogP contribution >= 0.6 is 31.9 Å². The molecule has 0 spiro atoms. The van der Waals surface area contributed by atoms with Gasteiger partial charge in [0.2, 0.25) is 0 Å². The van der Waals surface area contributed by atoms with Crippen LogP contribution in [-0.2, 0) is 13.2 Å². The highest BCUT2D eigenvalue weighted by Gasteiger charge is 2.08. The first kappa shape index (κ1) is 14.6. The zero-order valence-corrected chi connectivity index (χ0v) is 13.7. The number of benzene rings is 2. The molecule has 2 aromatic rings. The zero-order chi connectivity index (χ0) is 13.8. The number of aryl methyl sites for hydroxylation is 1. The van der Waals surface area contributed by atoms with Gasteiger partial charge in [-0.3, -0.25) is 0 Å². The van der Waals surface area contributed by atoms with Crippen LogP contribution in [0.5, 0.6) is 5.75 Å². The van der Waals surface area contributed by atoms with Crippen molar-refractivity contribution < 1.29 is 9.84 Å². The highest BCUT2D eigenvalue weighted by atomic mass is 79.9. The van der Waals surface area contributed by atoms with Crippen LogP contribution in [0.25, 0.3) is 0 Å². The van der Waals surface area contributed by atoms with Gasteiger partial charge in [-0.05, 0) is 42.3 Å². The second kappa shape index (κ2) is 6.55. The Balaban J connectivity index is 2.19. The van der Waals surface area contributed by atoms with E-state index < -0.39 is 0 Å². The minimum absolute atomic E-state index is 0.0336. The quantitative estimate of drug-likeness (QED) is 0.833. The summed E-state index contributed by atoms with van der Waals surface area (Å²) in [6.07, 6.45) is 0. The average molecular weight is 386 g/mol. The molecule has 0 aliphatic carbocycles. The summed E-state index contributed by atoms with van der Waals surface area (Å²) in [7, 11) is 0. The van der Waals surface area contributed by atoms with Crippen molar-refractivity contribution in [2.45, 2.75) is 20.1 Å². The molecule has 0 amide bonds. The van der Waals surface area contributed by atoms with Gasteiger partial charge in [0.1, 0.15) is 12.4 Å². The summed E-state index contributed by atoms with van der Waals surface area (Å²) in [5.74, 6) is 0.755. The van der Waals surface area contributed by atoms with Crippen molar-refractivity contribution in [1.82, 2.24) is 0 Å². The minimum atomic E-state index is -0.0336. The predicted octanol–water partition coefficient (Wildman–Crippen LogP) is 4.59. The van der Waals surface area contributed by atoms with Crippen molar-refractivity contribution in [2.24, 2.45) is 0 Å². The van der Waals surface area contributed by atoms with E-state index in [1.165, 1.54) is 0 Å². The van der Waals surface area contributed by atoms with Crippen molar-refractivity contribution in [1.29, 1.82) is 0 Å². The molecule has 2 nitrogen and oxygen atoms in total. The van der Waals surface area contributed by atoms with E-state index in [0.717, 1.165) is 31.4 Å². The molecule has 0 atom stereocenters. The molecule has 1 N–H and O–H groups in total. The van der Waals surface area contributed by atoms with E-state index in [0.29, 0.717) is 6.61 Å². The summed E-state index contributed by atoms with van der Waals surface area (Å²) >= 11 is 6.86. The molecule has 2 rings (SSSR count). The first-order valence-corrected chi connectivity index (χ1v) is 7.46. The third kappa shape index (κ3) is 3.81. The summed E-state index contributed by atoms with van der Waals surface area (Å²) in [5.41, 5.74) is 2.89. The molecule has 0 heterocycles. The molecule has 0 saturated heterocycles. The topological polar surface area (TPSA) is 29.5 Å². The molecular weight excluding hydrogens is 372 g/mol. The molecular formula is C15H14Br2O2. The Bertz CT molecular complexity index is 582. The van der Waals surface area contributed by atoms with Crippen LogP contribution in [0.4, 0.5) is 0 Å². The second-order valence-electron chi connectivity index (χ2n) is 4.29. The van der Waals surface area contributed by atoms with E-state index in [1.807, 2.05) is 43.3 Å². The van der Waals surface area contributed by atoms with E-state index >= 15 is 0 Å². The van der Waals surface area contributed by atoms with Gasteiger partial charge in [-0.25, -0.2) is 0 Å². The lowest BCUT2D eigenvalue weighted by Crippen LogP contribution is -2.01. The Hall–Kier alpha value is -0.840. The lowest BCUT2D eigenvalue weighted by atomic mass is 10.1. The largest absolute Gasteiger partial charge is 0.488 e. The lowest BCUT2D eigenvalue weighted by molar-refractivity contribution is 0.258. The standard InChI is InChI=1S/C15H14Br2O2/c1-10-5-14(17)7-12(8-18)15(10)19-9-11-3-2-4-13(16)6-11/h2-7,18H,8-9H2,1H3. The molecule has 4 heteroatoms. The van der Waals surface area contributed by atoms with Gasteiger partial charge in [0.15, 0.2) is 0 Å². The van der Waals surface area contributed by atoms with Crippen molar-refractivity contribution in [3.63, 3.8) is 0 Å². The van der Waals surface area contributed by atoms with E-state index in [1.54, 1.807) is 0 Å². The van der Waals surface area contributed by atoms with Gasteiger partial charge in [-0.15, -0.1) is 0 Å². The molecule has 0 aromatic heterocycles. The Morgan fingerprint density at radius 2 is 1.89 bits per heavy atom. The van der Waals surface area contributed by atoms with Gasteiger partial charge in [0.05, 0.1) is 6.61 Å². The third-order valence-corrected chi connectivity index (χ3v) is 3.71. The number of aliphatic hydroxyl groups is 1. The van der Waals surface area contributed by atoms with Crippen LogP contribution in [0.15, 0.2) is 45.3 Å². The Labute approximate surface area is 129 Å². The van der Waals surface area contributed by atoms with E-state index in [4.69, 9.17) is 4.74 Å². The van der Waals surface area contributed by atoms with Crippen LogP contribution in [0, 0.1) is 6.92 Å². The summed E-state index contributed by atoms with van der Waals surface area (Å²) in [6, 6.07) is 11.8. The maximum absolute atomic E-state index is 9.40. The monoisotopic (exact) mass is 384 g/mol. The third-order valence-electron chi connectivity index (χ3n) is 2.76. The smallest absolute Gasteiger partial charge is 0.128 e. The minimum Gasteiger partial charge on any atom is -0.488 e. The van der Waals surface area contributed by atoms with Gasteiger partial charge in [-0.1, -0.05) is 44.0 Å². The molecule has 0 unspecified atom stereocenters. The molecule has 19 heavy (non-hydrogen) atoms. The number of halogens is 2. The maximum Gasteiger partial charge on any atom is 0.128 e. The molecule has 0 radical (unpaired) electrons. The van der Waals surface area contributed by atoms with Crippen LogP contribution < -0.4 is 4.74 Å². The first-order valence-electron chi connectivity index (χ1n) is 5.87. The molecule has 0 aliphatic rings. The van der Waals surface area contributed by atoms with Gasteiger partial charge in [0.25, 0.3) is 0 Å². The number of aliphatic hydroxyl groups excluding tert-OH is 1. The van der Waals surface area contributed by atoms with E-state index in [9.17, 15) is 5.11 Å². The van der Waals surface area contributed by atoms with E-state index in [2.05, 4.69) is 31.9 Å². The first-order chi connectivity index (χ1) is 9.10. The lowest BCUT2D eigenvalue weighted by Gasteiger charge is -2.14. The van der Waals surface area contributed by atoms with Gasteiger partial charge < -0.3 is 9.84 Å². The fraction of sp³-hybridized carbons (Fsp3) is 0.200. The Kier molecular flexibility index (Phi) is 5.02. The molecule has 100 valence electrons. The SMILES string of the molecule is Cc1cc(Br)cc(CO)c1OCc1cccc(Br)c1. The Morgan fingerprint density at radius 3 is 2.58 bits per heavy atom. The average Bonchev–Trinajstić information content (AvgIpc) is 2.37. The maximum atomic E-state index is 9.40. The molecule has 0 bridgehead atoms. The van der Waals surface area contributed by atoms with Gasteiger partial charge in [0, 0.05) is 14.5 Å². The Morgan fingerprint density at radius 1 is 1.11 bits per heavy atom. The summed E-state index contributed by atoms with van der Waals surface area (Å²) < 4.78 is 7.83. The second-order valence-corrected chi connectivity index (χ2v) is 6.12. The van der Waals surface area contributed by atoms with Crippen LogP contribution in [0.1, 0.15) is 16.7 Å². The fourth-order valence-electron chi connectivity index (χ4n) is 1.91. The normalized spacial score (nSPS) is 10.5.